The van der Waals surface area contributed by atoms with Crippen LogP contribution in [-0.4, -0.2) is 70.0 Å². The van der Waals surface area contributed by atoms with Crippen LogP contribution in [0.4, 0.5) is 0 Å². The summed E-state index contributed by atoms with van der Waals surface area (Å²) < 4.78 is 5.03. The van der Waals surface area contributed by atoms with E-state index in [2.05, 4.69) is 0 Å². The number of carboxylic acid groups (broad SMARTS) is 3. The largest absolute Gasteiger partial charge is 0.481 e. The Kier molecular flexibility index (Phi) is 5.05. The van der Waals surface area contributed by atoms with E-state index < -0.39 is 36.7 Å². The average molecular weight is 261 g/mol. The number of carboxylic acids is 3. The smallest absolute Gasteiger partial charge is 0.329 e. The number of rotatable bonds is 7. The van der Waals surface area contributed by atoms with Gasteiger partial charge in [-0.05, 0) is 0 Å². The zero-order valence-corrected chi connectivity index (χ0v) is 9.61. The minimum atomic E-state index is -1.12. The molecule has 102 valence electrons. The first-order chi connectivity index (χ1) is 8.40. The Morgan fingerprint density at radius 2 is 1.83 bits per heavy atom. The molecule has 0 aliphatic carbocycles. The first-order valence-electron chi connectivity index (χ1n) is 5.42. The predicted molar refractivity (Wildman–Crippen MR) is 57.2 cm³/mol. The molecule has 2 atom stereocenters. The van der Waals surface area contributed by atoms with Crippen molar-refractivity contribution in [2.45, 2.75) is 25.0 Å². The Morgan fingerprint density at radius 3 is 2.33 bits per heavy atom. The predicted octanol–water partition coefficient (Wildman–Crippen LogP) is -0.910. The average Bonchev–Trinajstić information content (AvgIpc) is 2.67. The van der Waals surface area contributed by atoms with Gasteiger partial charge in [-0.2, -0.15) is 0 Å². The fraction of sp³-hybridized carbons (Fsp3) is 0.700. The van der Waals surface area contributed by atoms with Crippen LogP contribution in [0.1, 0.15) is 12.8 Å². The van der Waals surface area contributed by atoms with E-state index >= 15 is 0 Å². The van der Waals surface area contributed by atoms with Gasteiger partial charge in [-0.3, -0.25) is 14.5 Å². The Hall–Kier alpha value is -1.67. The topological polar surface area (TPSA) is 124 Å². The normalized spacial score (nSPS) is 24.0. The van der Waals surface area contributed by atoms with Crippen LogP contribution in [0.2, 0.25) is 0 Å². The summed E-state index contributed by atoms with van der Waals surface area (Å²) in [5.41, 5.74) is 0. The maximum Gasteiger partial charge on any atom is 0.329 e. The summed E-state index contributed by atoms with van der Waals surface area (Å²) in [4.78, 5) is 33.2. The zero-order valence-electron chi connectivity index (χ0n) is 9.61. The molecule has 0 aromatic carbocycles. The van der Waals surface area contributed by atoms with Gasteiger partial charge in [0.2, 0.25) is 0 Å². The van der Waals surface area contributed by atoms with E-state index in [4.69, 9.17) is 20.1 Å². The van der Waals surface area contributed by atoms with Crippen LogP contribution < -0.4 is 0 Å². The molecule has 1 saturated heterocycles. The van der Waals surface area contributed by atoms with E-state index in [0.29, 0.717) is 0 Å². The molecular weight excluding hydrogens is 246 g/mol. The first kappa shape index (κ1) is 14.4. The van der Waals surface area contributed by atoms with Gasteiger partial charge in [0.25, 0.3) is 0 Å². The molecule has 8 nitrogen and oxygen atoms in total. The van der Waals surface area contributed by atoms with E-state index in [1.807, 2.05) is 0 Å². The lowest BCUT2D eigenvalue weighted by atomic mass is 10.2. The van der Waals surface area contributed by atoms with Crippen LogP contribution >= 0.6 is 0 Å². The molecule has 1 aliphatic heterocycles. The molecule has 0 radical (unpaired) electrons. The molecule has 0 spiro atoms. The third kappa shape index (κ3) is 4.30. The van der Waals surface area contributed by atoms with Crippen LogP contribution in [0.5, 0.6) is 0 Å². The number of ether oxygens (including phenoxy) is 1. The summed E-state index contributed by atoms with van der Waals surface area (Å²) in [6, 6.07) is -0.817. The van der Waals surface area contributed by atoms with Gasteiger partial charge in [0.1, 0.15) is 12.6 Å². The number of carbonyl (C=O) groups is 3. The van der Waals surface area contributed by atoms with Crippen molar-refractivity contribution >= 4 is 17.9 Å². The molecule has 8 heteroatoms. The second kappa shape index (κ2) is 6.31. The zero-order chi connectivity index (χ0) is 13.7. The Labute approximate surface area is 103 Å². The van der Waals surface area contributed by atoms with E-state index in [1.165, 1.54) is 4.90 Å². The standard InChI is InChI=1S/C10H15NO7/c12-8(13)1-2-11-4-6(18-5-9(14)15)3-7(11)10(16)17/h6-7H,1-5H2,(H,12,13)(H,14,15)(H,16,17)/t6?,7-/m0/s1. The van der Waals surface area contributed by atoms with Gasteiger partial charge >= 0.3 is 17.9 Å². The van der Waals surface area contributed by atoms with Gasteiger partial charge in [-0.1, -0.05) is 0 Å². The number of hydrogen-bond donors (Lipinski definition) is 3. The fourth-order valence-electron chi connectivity index (χ4n) is 1.91. The molecule has 1 unspecified atom stereocenters. The van der Waals surface area contributed by atoms with Gasteiger partial charge in [0.15, 0.2) is 0 Å². The van der Waals surface area contributed by atoms with Crippen LogP contribution in [0, 0.1) is 0 Å². The minimum absolute atomic E-state index is 0.110. The van der Waals surface area contributed by atoms with E-state index in [-0.39, 0.29) is 25.9 Å². The van der Waals surface area contributed by atoms with Gasteiger partial charge in [0.05, 0.1) is 12.5 Å². The highest BCUT2D eigenvalue weighted by Gasteiger charge is 2.37. The highest BCUT2D eigenvalue weighted by Crippen LogP contribution is 2.20. The molecule has 0 bridgehead atoms. The SMILES string of the molecule is O=C(O)CCN1CC(OCC(=O)O)C[C@H]1C(=O)O. The molecular formula is C10H15NO7. The van der Waals surface area contributed by atoms with Crippen molar-refractivity contribution in [2.75, 3.05) is 19.7 Å². The number of aliphatic carboxylic acids is 3. The van der Waals surface area contributed by atoms with Crippen LogP contribution in [-0.2, 0) is 19.1 Å². The molecule has 0 amide bonds. The van der Waals surface area contributed by atoms with Crippen molar-refractivity contribution in [1.29, 1.82) is 0 Å². The maximum atomic E-state index is 11.0. The number of hydrogen-bond acceptors (Lipinski definition) is 5. The lowest BCUT2D eigenvalue weighted by molar-refractivity contribution is -0.144. The molecule has 18 heavy (non-hydrogen) atoms. The van der Waals surface area contributed by atoms with Crippen molar-refractivity contribution in [2.24, 2.45) is 0 Å². The van der Waals surface area contributed by atoms with Gasteiger partial charge in [0, 0.05) is 19.5 Å². The summed E-state index contributed by atoms with van der Waals surface area (Å²) in [5.74, 6) is -3.18. The quantitative estimate of drug-likeness (QED) is 0.538. The lowest BCUT2D eigenvalue weighted by Crippen LogP contribution is -2.37. The fourth-order valence-corrected chi connectivity index (χ4v) is 1.91. The summed E-state index contributed by atoms with van der Waals surface area (Å²) in [7, 11) is 0. The van der Waals surface area contributed by atoms with Gasteiger partial charge < -0.3 is 20.1 Å². The summed E-state index contributed by atoms with van der Waals surface area (Å²) in [6.45, 7) is -0.138. The lowest BCUT2D eigenvalue weighted by Gasteiger charge is -2.19. The van der Waals surface area contributed by atoms with E-state index in [1.54, 1.807) is 0 Å². The second-order valence-electron chi connectivity index (χ2n) is 4.06. The molecule has 1 rings (SSSR count). The summed E-state index contributed by atoms with van der Waals surface area (Å²) >= 11 is 0. The highest BCUT2D eigenvalue weighted by atomic mass is 16.5. The van der Waals surface area contributed by atoms with Gasteiger partial charge in [-0.25, -0.2) is 4.79 Å². The molecule has 0 saturated carbocycles. The number of nitrogens with zero attached hydrogens (tertiary/aromatic N) is 1. The monoisotopic (exact) mass is 261 g/mol. The number of likely N-dealkylation sites (tertiary alicyclic amines) is 1. The molecule has 0 aromatic rings. The van der Waals surface area contributed by atoms with E-state index in [9.17, 15) is 14.4 Å². The second-order valence-corrected chi connectivity index (χ2v) is 4.06. The van der Waals surface area contributed by atoms with Gasteiger partial charge in [-0.15, -0.1) is 0 Å². The van der Waals surface area contributed by atoms with Crippen molar-refractivity contribution in [3.63, 3.8) is 0 Å². The van der Waals surface area contributed by atoms with Crippen molar-refractivity contribution in [3.8, 4) is 0 Å². The van der Waals surface area contributed by atoms with Crippen molar-refractivity contribution in [1.82, 2.24) is 4.90 Å². The molecule has 0 aromatic heterocycles. The first-order valence-corrected chi connectivity index (χ1v) is 5.42. The van der Waals surface area contributed by atoms with Crippen LogP contribution in [0.15, 0.2) is 0 Å². The maximum absolute atomic E-state index is 11.0. The summed E-state index contributed by atoms with van der Waals surface area (Å²) in [6.07, 6.45) is -0.478. The summed E-state index contributed by atoms with van der Waals surface area (Å²) in [5, 5.41) is 26.0. The molecule has 1 fully saturated rings. The molecule has 1 heterocycles. The highest BCUT2D eigenvalue weighted by molar-refractivity contribution is 5.74. The van der Waals surface area contributed by atoms with Crippen molar-refractivity contribution < 1.29 is 34.4 Å². The third-order valence-electron chi connectivity index (χ3n) is 2.71. The Bertz CT molecular complexity index is 343. The van der Waals surface area contributed by atoms with E-state index in [0.717, 1.165) is 0 Å². The van der Waals surface area contributed by atoms with Crippen LogP contribution in [0.25, 0.3) is 0 Å². The minimum Gasteiger partial charge on any atom is -0.481 e. The Balaban J connectivity index is 2.51. The van der Waals surface area contributed by atoms with Crippen molar-refractivity contribution in [3.05, 3.63) is 0 Å². The molecule has 1 aliphatic rings. The Morgan fingerprint density at radius 1 is 1.17 bits per heavy atom. The van der Waals surface area contributed by atoms with Crippen LogP contribution in [0.3, 0.4) is 0 Å². The molecule has 3 N–H and O–H groups in total. The third-order valence-corrected chi connectivity index (χ3v) is 2.71.